The number of β-amino-alcohol motifs (C(OH)–C–C–N with tert-alkyl or cyclic N) is 1. The number of nitrogens with one attached hydrogen (secondary N) is 1. The van der Waals surface area contributed by atoms with Gasteiger partial charge in [0.1, 0.15) is 0 Å². The van der Waals surface area contributed by atoms with Crippen molar-refractivity contribution in [3.63, 3.8) is 0 Å². The van der Waals surface area contributed by atoms with E-state index in [2.05, 4.69) is 4.98 Å². The molecule has 4 rings (SSSR count). The highest BCUT2D eigenvalue weighted by Gasteiger charge is 2.23. The lowest BCUT2D eigenvalue weighted by Gasteiger charge is -2.30. The molecule has 2 N–H and O–H groups in total. The molecule has 1 aliphatic rings. The van der Waals surface area contributed by atoms with Crippen molar-refractivity contribution in [1.82, 2.24) is 14.5 Å². The normalized spacial score (nSPS) is 16.9. The Labute approximate surface area is 173 Å². The number of hydrogen-bond acceptors (Lipinski definition) is 4. The van der Waals surface area contributed by atoms with Gasteiger partial charge < -0.3 is 15.0 Å². The molecule has 2 heterocycles. The minimum atomic E-state index is -0.483. The molecule has 1 aliphatic heterocycles. The van der Waals surface area contributed by atoms with Crippen LogP contribution in [-0.2, 0) is 0 Å². The highest BCUT2D eigenvalue weighted by Crippen LogP contribution is 2.20. The molecule has 0 spiro atoms. The van der Waals surface area contributed by atoms with Gasteiger partial charge in [0.2, 0.25) is 0 Å². The number of aryl methyl sites for hydroxylation is 1. The molecule has 0 radical (unpaired) electrons. The number of carbonyl (C=O) groups is 1. The van der Waals surface area contributed by atoms with Crippen LogP contribution in [0.4, 0.5) is 0 Å². The van der Waals surface area contributed by atoms with Crippen molar-refractivity contribution in [2.75, 3.05) is 13.1 Å². The number of hydrogen-bond donors (Lipinski definition) is 2. The topological polar surface area (TPSA) is 78.3 Å². The lowest BCUT2D eigenvalue weighted by atomic mass is 10.1. The van der Waals surface area contributed by atoms with Crippen molar-refractivity contribution in [1.29, 1.82) is 0 Å². The van der Waals surface area contributed by atoms with E-state index in [4.69, 9.17) is 12.2 Å². The third-order valence-electron chi connectivity index (χ3n) is 5.65. The number of aliphatic hydroxyl groups is 1. The molecular formula is C22H23N3O3S. The second-order valence-electron chi connectivity index (χ2n) is 7.60. The van der Waals surface area contributed by atoms with Crippen LogP contribution in [-0.4, -0.2) is 44.7 Å². The molecule has 0 bridgehead atoms. The largest absolute Gasteiger partial charge is 0.391 e. The molecule has 1 saturated heterocycles. The third-order valence-corrected chi connectivity index (χ3v) is 5.93. The zero-order valence-corrected chi connectivity index (χ0v) is 17.3. The maximum absolute atomic E-state index is 13.2. The highest BCUT2D eigenvalue weighted by molar-refractivity contribution is 7.71. The quantitative estimate of drug-likeness (QED) is 0.637. The number of likely N-dealkylation sites (tertiary alicyclic amines) is 1. The van der Waals surface area contributed by atoms with E-state index in [-0.39, 0.29) is 16.2 Å². The van der Waals surface area contributed by atoms with Gasteiger partial charge >= 0.3 is 0 Å². The predicted molar refractivity (Wildman–Crippen MR) is 115 cm³/mol. The Morgan fingerprint density at radius 1 is 1.24 bits per heavy atom. The van der Waals surface area contributed by atoms with Crippen molar-refractivity contribution >= 4 is 29.0 Å². The smallest absolute Gasteiger partial charge is 0.266 e. The van der Waals surface area contributed by atoms with Crippen molar-refractivity contribution in [2.24, 2.45) is 0 Å². The molecule has 3 aromatic rings. The Kier molecular flexibility index (Phi) is 5.10. The maximum atomic E-state index is 13.2. The first-order chi connectivity index (χ1) is 13.9. The third kappa shape index (κ3) is 3.52. The van der Waals surface area contributed by atoms with Gasteiger partial charge in [-0.15, -0.1) is 0 Å². The van der Waals surface area contributed by atoms with Gasteiger partial charge in [0.25, 0.3) is 11.5 Å². The monoisotopic (exact) mass is 409 g/mol. The van der Waals surface area contributed by atoms with Gasteiger partial charge in [-0.1, -0.05) is 12.1 Å². The average Bonchev–Trinajstić information content (AvgIpc) is 2.70. The Morgan fingerprint density at radius 3 is 2.79 bits per heavy atom. The fraction of sp³-hybridized carbons (Fsp3) is 0.318. The van der Waals surface area contributed by atoms with Crippen LogP contribution in [0.2, 0.25) is 0 Å². The molecule has 0 aliphatic carbocycles. The summed E-state index contributed by atoms with van der Waals surface area (Å²) in [6.45, 7) is 4.91. The number of aromatic nitrogens is 2. The van der Waals surface area contributed by atoms with Gasteiger partial charge in [-0.05, 0) is 74.3 Å². The summed E-state index contributed by atoms with van der Waals surface area (Å²) in [5.41, 5.74) is 3.61. The first kappa shape index (κ1) is 19.5. The number of fused-ring (bicyclic) bond motifs is 1. The minimum Gasteiger partial charge on any atom is -0.391 e. The molecule has 1 aromatic heterocycles. The summed E-state index contributed by atoms with van der Waals surface area (Å²) in [7, 11) is 0. The Hall–Kier alpha value is -2.77. The van der Waals surface area contributed by atoms with Crippen LogP contribution in [0.3, 0.4) is 0 Å². The van der Waals surface area contributed by atoms with Crippen molar-refractivity contribution < 1.29 is 9.90 Å². The van der Waals surface area contributed by atoms with Gasteiger partial charge in [-0.2, -0.15) is 0 Å². The molecule has 29 heavy (non-hydrogen) atoms. The summed E-state index contributed by atoms with van der Waals surface area (Å²) < 4.78 is 1.79. The van der Waals surface area contributed by atoms with Crippen LogP contribution in [0.1, 0.15) is 34.3 Å². The standard InChI is InChI=1S/C22H23N3O3S/c1-13-5-3-7-19(14(13)2)25-21(28)17-9-8-15(11-18(17)23-22(25)29)20(27)24-10-4-6-16(26)12-24/h3,5,7-9,11,16,26H,4,6,10,12H2,1-2H3,(H,23,29). The summed E-state index contributed by atoms with van der Waals surface area (Å²) in [6, 6.07) is 10.8. The number of rotatable bonds is 2. The van der Waals surface area contributed by atoms with Crippen LogP contribution in [0, 0.1) is 18.6 Å². The lowest BCUT2D eigenvalue weighted by Crippen LogP contribution is -2.42. The molecule has 1 atom stereocenters. The molecular weight excluding hydrogens is 386 g/mol. The molecule has 0 saturated carbocycles. The van der Waals surface area contributed by atoms with Crippen molar-refractivity contribution in [2.45, 2.75) is 32.8 Å². The molecule has 150 valence electrons. The van der Waals surface area contributed by atoms with E-state index < -0.39 is 6.10 Å². The Balaban J connectivity index is 1.80. The van der Waals surface area contributed by atoms with E-state index in [0.717, 1.165) is 23.2 Å². The van der Waals surface area contributed by atoms with Gasteiger partial charge in [-0.25, -0.2) is 0 Å². The molecule has 1 amide bonds. The summed E-state index contributed by atoms with van der Waals surface area (Å²) in [6.07, 6.45) is 1.01. The van der Waals surface area contributed by atoms with Crippen molar-refractivity contribution in [3.05, 3.63) is 68.2 Å². The predicted octanol–water partition coefficient (Wildman–Crippen LogP) is 3.26. The molecule has 1 unspecified atom stereocenters. The van der Waals surface area contributed by atoms with Gasteiger partial charge in [0.15, 0.2) is 4.77 Å². The first-order valence-corrected chi connectivity index (χ1v) is 10.1. The van der Waals surface area contributed by atoms with Crippen LogP contribution < -0.4 is 5.56 Å². The number of benzene rings is 2. The number of piperidine rings is 1. The Bertz CT molecular complexity index is 1230. The SMILES string of the molecule is Cc1cccc(-n2c(=S)[nH]c3cc(C(=O)N4CCCC(O)C4)ccc3c2=O)c1C. The zero-order chi connectivity index (χ0) is 20.7. The van der Waals surface area contributed by atoms with Crippen LogP contribution in [0.5, 0.6) is 0 Å². The summed E-state index contributed by atoms with van der Waals surface area (Å²) in [5, 5.41) is 10.3. The number of amides is 1. The van der Waals surface area contributed by atoms with E-state index in [0.29, 0.717) is 36.0 Å². The van der Waals surface area contributed by atoms with Gasteiger partial charge in [-0.3, -0.25) is 14.2 Å². The van der Waals surface area contributed by atoms with Crippen LogP contribution in [0.15, 0.2) is 41.2 Å². The number of aliphatic hydroxyl groups excluding tert-OH is 1. The van der Waals surface area contributed by atoms with Crippen LogP contribution >= 0.6 is 12.2 Å². The summed E-state index contributed by atoms with van der Waals surface area (Å²) >= 11 is 5.48. The molecule has 6 nitrogen and oxygen atoms in total. The van der Waals surface area contributed by atoms with Crippen molar-refractivity contribution in [3.8, 4) is 5.69 Å². The van der Waals surface area contributed by atoms with Gasteiger partial charge in [0, 0.05) is 18.7 Å². The second kappa shape index (κ2) is 7.57. The number of H-pyrrole nitrogens is 1. The summed E-state index contributed by atoms with van der Waals surface area (Å²) in [4.78, 5) is 30.8. The van der Waals surface area contributed by atoms with Gasteiger partial charge in [0.05, 0.1) is 22.7 Å². The highest BCUT2D eigenvalue weighted by atomic mass is 32.1. The summed E-state index contributed by atoms with van der Waals surface area (Å²) in [5.74, 6) is -0.149. The van der Waals surface area contributed by atoms with E-state index in [9.17, 15) is 14.7 Å². The zero-order valence-electron chi connectivity index (χ0n) is 16.4. The van der Waals surface area contributed by atoms with E-state index in [1.165, 1.54) is 4.57 Å². The lowest BCUT2D eigenvalue weighted by molar-refractivity contribution is 0.0474. The van der Waals surface area contributed by atoms with E-state index in [1.54, 1.807) is 23.1 Å². The number of nitrogens with zero attached hydrogens (tertiary/aromatic N) is 2. The maximum Gasteiger partial charge on any atom is 0.266 e. The van der Waals surface area contributed by atoms with E-state index >= 15 is 0 Å². The van der Waals surface area contributed by atoms with Crippen LogP contribution in [0.25, 0.3) is 16.6 Å². The number of carbonyl (C=O) groups excluding carboxylic acids is 1. The fourth-order valence-corrected chi connectivity index (χ4v) is 4.16. The molecule has 1 fully saturated rings. The second-order valence-corrected chi connectivity index (χ2v) is 7.98. The number of aromatic amines is 1. The fourth-order valence-electron chi connectivity index (χ4n) is 3.87. The average molecular weight is 410 g/mol. The van der Waals surface area contributed by atoms with E-state index in [1.807, 2.05) is 32.0 Å². The minimum absolute atomic E-state index is 0.149. The molecule has 2 aromatic carbocycles. The molecule has 7 heteroatoms. The Morgan fingerprint density at radius 2 is 2.03 bits per heavy atom. The first-order valence-electron chi connectivity index (χ1n) is 9.70.